The summed E-state index contributed by atoms with van der Waals surface area (Å²) < 4.78 is 6.09. The molecule has 2 aromatic carbocycles. The molecule has 2 heterocycles. The van der Waals surface area contributed by atoms with E-state index in [0.717, 1.165) is 18.0 Å². The van der Waals surface area contributed by atoms with Gasteiger partial charge in [0.05, 0.1) is 0 Å². The van der Waals surface area contributed by atoms with E-state index >= 15 is 0 Å². The zero-order valence-corrected chi connectivity index (χ0v) is 13.5. The zero-order valence-electron chi connectivity index (χ0n) is 13.5. The fraction of sp³-hybridized carbons (Fsp3) is 0.400. The van der Waals surface area contributed by atoms with Crippen molar-refractivity contribution in [2.75, 3.05) is 26.2 Å². The van der Waals surface area contributed by atoms with Gasteiger partial charge in [0.1, 0.15) is 11.5 Å². The maximum atomic E-state index is 6.09. The normalized spacial score (nSPS) is 20.2. The standard InChI is InChI=1S/C20H24N2O/c1-2-7-18(8-3-1)23-19-9-5-4-6-17(19)14-22-12-10-20(11-13-22)15-21-16-20/h1-9,21H,10-16H2. The van der Waals surface area contributed by atoms with E-state index < -0.39 is 0 Å². The molecular formula is C20H24N2O. The minimum Gasteiger partial charge on any atom is -0.457 e. The van der Waals surface area contributed by atoms with Gasteiger partial charge in [-0.1, -0.05) is 36.4 Å². The van der Waals surface area contributed by atoms with Gasteiger partial charge in [-0.25, -0.2) is 0 Å². The van der Waals surface area contributed by atoms with Crippen LogP contribution in [0.25, 0.3) is 0 Å². The molecule has 1 N–H and O–H groups in total. The van der Waals surface area contributed by atoms with Gasteiger partial charge < -0.3 is 10.1 Å². The Kier molecular flexibility index (Phi) is 4.06. The van der Waals surface area contributed by atoms with E-state index in [9.17, 15) is 0 Å². The summed E-state index contributed by atoms with van der Waals surface area (Å²) in [5.41, 5.74) is 1.88. The minimum atomic E-state index is 0.608. The summed E-state index contributed by atoms with van der Waals surface area (Å²) in [7, 11) is 0. The summed E-state index contributed by atoms with van der Waals surface area (Å²) in [6.45, 7) is 5.80. The Hall–Kier alpha value is -1.84. The topological polar surface area (TPSA) is 24.5 Å². The second kappa shape index (κ2) is 6.34. The Balaban J connectivity index is 1.43. The molecule has 0 aliphatic carbocycles. The van der Waals surface area contributed by atoms with Gasteiger partial charge in [-0.15, -0.1) is 0 Å². The van der Waals surface area contributed by atoms with Crippen molar-refractivity contribution in [1.29, 1.82) is 0 Å². The quantitative estimate of drug-likeness (QED) is 0.933. The number of benzene rings is 2. The number of para-hydroxylation sites is 2. The molecule has 2 aromatic rings. The van der Waals surface area contributed by atoms with Crippen LogP contribution in [-0.2, 0) is 6.54 Å². The molecule has 0 bridgehead atoms. The Morgan fingerprint density at radius 3 is 2.30 bits per heavy atom. The van der Waals surface area contributed by atoms with Crippen LogP contribution in [0.15, 0.2) is 54.6 Å². The van der Waals surface area contributed by atoms with Gasteiger partial charge in [0, 0.05) is 25.2 Å². The number of nitrogens with zero attached hydrogens (tertiary/aromatic N) is 1. The van der Waals surface area contributed by atoms with Gasteiger partial charge >= 0.3 is 0 Å². The Morgan fingerprint density at radius 1 is 0.913 bits per heavy atom. The SMILES string of the molecule is c1ccc(Oc2ccccc2CN2CCC3(CC2)CNC3)cc1. The first-order valence-electron chi connectivity index (χ1n) is 8.57. The first kappa shape index (κ1) is 14.7. The average Bonchev–Trinajstić information content (AvgIpc) is 2.57. The molecule has 23 heavy (non-hydrogen) atoms. The van der Waals surface area contributed by atoms with Crippen LogP contribution in [0.1, 0.15) is 18.4 Å². The lowest BCUT2D eigenvalue weighted by Crippen LogP contribution is -2.58. The monoisotopic (exact) mass is 308 g/mol. The smallest absolute Gasteiger partial charge is 0.131 e. The Bertz CT molecular complexity index is 642. The van der Waals surface area contributed by atoms with E-state index in [1.807, 2.05) is 36.4 Å². The number of hydrogen-bond donors (Lipinski definition) is 1. The molecule has 2 saturated heterocycles. The summed E-state index contributed by atoms with van der Waals surface area (Å²) in [5, 5.41) is 3.43. The van der Waals surface area contributed by atoms with Gasteiger partial charge in [-0.05, 0) is 49.5 Å². The summed E-state index contributed by atoms with van der Waals surface area (Å²) in [4.78, 5) is 2.57. The highest BCUT2D eigenvalue weighted by Crippen LogP contribution is 2.36. The number of piperidine rings is 1. The van der Waals surface area contributed by atoms with Crippen LogP contribution < -0.4 is 10.1 Å². The van der Waals surface area contributed by atoms with Crippen molar-refractivity contribution < 1.29 is 4.74 Å². The molecule has 1 spiro atoms. The van der Waals surface area contributed by atoms with Crippen molar-refractivity contribution in [1.82, 2.24) is 10.2 Å². The Labute approximate surface area is 138 Å². The van der Waals surface area contributed by atoms with Crippen LogP contribution in [0.3, 0.4) is 0 Å². The van der Waals surface area contributed by atoms with Gasteiger partial charge in [0.25, 0.3) is 0 Å². The fourth-order valence-corrected chi connectivity index (χ4v) is 3.61. The minimum absolute atomic E-state index is 0.608. The highest BCUT2D eigenvalue weighted by Gasteiger charge is 2.39. The van der Waals surface area contributed by atoms with E-state index in [4.69, 9.17) is 4.74 Å². The van der Waals surface area contributed by atoms with Crippen molar-refractivity contribution >= 4 is 0 Å². The number of ether oxygens (including phenoxy) is 1. The molecule has 2 aliphatic rings. The first-order valence-corrected chi connectivity index (χ1v) is 8.57. The lowest BCUT2D eigenvalue weighted by Gasteiger charge is -2.48. The molecule has 0 saturated carbocycles. The second-order valence-corrected chi connectivity index (χ2v) is 6.90. The maximum Gasteiger partial charge on any atom is 0.131 e. The lowest BCUT2D eigenvalue weighted by molar-refractivity contribution is 0.0517. The van der Waals surface area contributed by atoms with Crippen LogP contribution >= 0.6 is 0 Å². The highest BCUT2D eigenvalue weighted by atomic mass is 16.5. The summed E-state index contributed by atoms with van der Waals surface area (Å²) >= 11 is 0. The van der Waals surface area contributed by atoms with E-state index in [0.29, 0.717) is 5.41 Å². The van der Waals surface area contributed by atoms with Crippen LogP contribution in [-0.4, -0.2) is 31.1 Å². The third-order valence-corrected chi connectivity index (χ3v) is 5.25. The van der Waals surface area contributed by atoms with E-state index in [1.54, 1.807) is 0 Å². The molecule has 0 unspecified atom stereocenters. The molecule has 3 heteroatoms. The third-order valence-electron chi connectivity index (χ3n) is 5.25. The molecule has 0 radical (unpaired) electrons. The van der Waals surface area contributed by atoms with Crippen molar-refractivity contribution in [3.05, 3.63) is 60.2 Å². The third kappa shape index (κ3) is 3.26. The summed E-state index contributed by atoms with van der Waals surface area (Å²) in [6.07, 6.45) is 2.64. The molecule has 0 amide bonds. The lowest BCUT2D eigenvalue weighted by atomic mass is 9.73. The van der Waals surface area contributed by atoms with E-state index in [1.165, 1.54) is 44.6 Å². The molecule has 0 aromatic heterocycles. The molecule has 0 atom stereocenters. The Morgan fingerprint density at radius 2 is 1.61 bits per heavy atom. The van der Waals surface area contributed by atoms with Crippen molar-refractivity contribution in [2.24, 2.45) is 5.41 Å². The van der Waals surface area contributed by atoms with Crippen LogP contribution in [0.4, 0.5) is 0 Å². The van der Waals surface area contributed by atoms with Crippen molar-refractivity contribution in [2.45, 2.75) is 19.4 Å². The maximum absolute atomic E-state index is 6.09. The second-order valence-electron chi connectivity index (χ2n) is 6.90. The predicted molar refractivity (Wildman–Crippen MR) is 92.8 cm³/mol. The largest absolute Gasteiger partial charge is 0.457 e. The molecule has 2 aliphatic heterocycles. The van der Waals surface area contributed by atoms with Crippen LogP contribution in [0, 0.1) is 5.41 Å². The predicted octanol–water partition coefficient (Wildman–Crippen LogP) is 3.66. The van der Waals surface area contributed by atoms with Crippen LogP contribution in [0.2, 0.25) is 0 Å². The molecule has 3 nitrogen and oxygen atoms in total. The van der Waals surface area contributed by atoms with E-state index in [2.05, 4.69) is 28.4 Å². The first-order chi connectivity index (χ1) is 11.3. The van der Waals surface area contributed by atoms with Gasteiger partial charge in [0.2, 0.25) is 0 Å². The summed E-state index contributed by atoms with van der Waals surface area (Å²) in [5.74, 6) is 1.88. The highest BCUT2D eigenvalue weighted by molar-refractivity contribution is 5.37. The number of nitrogens with one attached hydrogen (secondary N) is 1. The average molecular weight is 308 g/mol. The van der Waals surface area contributed by atoms with Gasteiger partial charge in [-0.2, -0.15) is 0 Å². The van der Waals surface area contributed by atoms with Crippen molar-refractivity contribution in [3.8, 4) is 11.5 Å². The zero-order chi connectivity index (χ0) is 15.5. The molecule has 120 valence electrons. The van der Waals surface area contributed by atoms with Gasteiger partial charge in [-0.3, -0.25) is 4.90 Å². The number of rotatable bonds is 4. The van der Waals surface area contributed by atoms with Crippen LogP contribution in [0.5, 0.6) is 11.5 Å². The van der Waals surface area contributed by atoms with Gasteiger partial charge in [0.15, 0.2) is 0 Å². The fourth-order valence-electron chi connectivity index (χ4n) is 3.61. The number of likely N-dealkylation sites (tertiary alicyclic amines) is 1. The number of hydrogen-bond acceptors (Lipinski definition) is 3. The molecule has 4 rings (SSSR count). The van der Waals surface area contributed by atoms with E-state index in [-0.39, 0.29) is 0 Å². The molecule has 2 fully saturated rings. The van der Waals surface area contributed by atoms with Crippen molar-refractivity contribution in [3.63, 3.8) is 0 Å². The summed E-state index contributed by atoms with van der Waals surface area (Å²) in [6, 6.07) is 18.5. The molecular weight excluding hydrogens is 284 g/mol.